The second-order valence-electron chi connectivity index (χ2n) is 3.78. The largest absolute Gasteiger partial charge is 0.330 e. The number of thioether (sulfide) groups is 1. The fraction of sp³-hybridized carbons (Fsp3) is 0.600. The molecule has 0 atom stereocenters. The molecule has 2 rings (SSSR count). The third-order valence-electron chi connectivity index (χ3n) is 2.59. The first-order valence-electron chi connectivity index (χ1n) is 5.51. The highest BCUT2D eigenvalue weighted by atomic mass is 32.2. The third-order valence-corrected chi connectivity index (χ3v) is 7.05. The van der Waals surface area contributed by atoms with Crippen LogP contribution in [0, 0.1) is 0 Å². The maximum Gasteiger partial charge on any atom is 0.252 e. The summed E-state index contributed by atoms with van der Waals surface area (Å²) in [6.07, 6.45) is 0.746. The zero-order chi connectivity index (χ0) is 12.3. The molecule has 1 aliphatic rings. The number of sulfonamides is 1. The second-order valence-corrected chi connectivity index (χ2v) is 8.33. The molecule has 1 saturated heterocycles. The molecule has 0 aliphatic carbocycles. The Morgan fingerprint density at radius 2 is 2.00 bits per heavy atom. The highest BCUT2D eigenvalue weighted by Crippen LogP contribution is 2.26. The summed E-state index contributed by atoms with van der Waals surface area (Å²) in [6.45, 7) is 1.80. The molecule has 2 heterocycles. The Bertz CT molecular complexity index is 464. The first-order valence-corrected chi connectivity index (χ1v) is 8.92. The van der Waals surface area contributed by atoms with Gasteiger partial charge in [-0.15, -0.1) is 11.3 Å². The lowest BCUT2D eigenvalue weighted by Crippen LogP contribution is -2.37. The van der Waals surface area contributed by atoms with Crippen LogP contribution < -0.4 is 5.73 Å². The number of nitrogens with two attached hydrogens (primary N) is 1. The third kappa shape index (κ3) is 3.03. The lowest BCUT2D eigenvalue weighted by molar-refractivity contribution is 0.445. The molecule has 0 bridgehead atoms. The van der Waals surface area contributed by atoms with Crippen LogP contribution in [-0.2, 0) is 16.4 Å². The summed E-state index contributed by atoms with van der Waals surface area (Å²) in [6, 6.07) is 3.57. The normalized spacial score (nSPS) is 18.4. The van der Waals surface area contributed by atoms with Gasteiger partial charge in [-0.1, -0.05) is 0 Å². The van der Waals surface area contributed by atoms with Gasteiger partial charge < -0.3 is 5.73 Å². The van der Waals surface area contributed by atoms with Gasteiger partial charge in [0.25, 0.3) is 10.0 Å². The molecular weight excluding hydrogens is 276 g/mol. The predicted molar refractivity (Wildman–Crippen MR) is 73.2 cm³/mol. The van der Waals surface area contributed by atoms with Crippen LogP contribution in [0.15, 0.2) is 16.3 Å². The Kier molecular flexibility index (Phi) is 4.48. The summed E-state index contributed by atoms with van der Waals surface area (Å²) in [5.41, 5.74) is 5.47. The fourth-order valence-corrected chi connectivity index (χ4v) is 5.79. The molecule has 1 aliphatic heterocycles. The van der Waals surface area contributed by atoms with Crippen LogP contribution in [0.5, 0.6) is 0 Å². The molecule has 4 nitrogen and oxygen atoms in total. The molecule has 96 valence electrons. The molecule has 0 saturated carbocycles. The highest BCUT2D eigenvalue weighted by molar-refractivity contribution is 7.99. The molecule has 7 heteroatoms. The Labute approximate surface area is 110 Å². The van der Waals surface area contributed by atoms with Gasteiger partial charge in [0.1, 0.15) is 4.21 Å². The van der Waals surface area contributed by atoms with Crippen molar-refractivity contribution >= 4 is 33.1 Å². The minimum Gasteiger partial charge on any atom is -0.330 e. The van der Waals surface area contributed by atoms with E-state index in [0.717, 1.165) is 22.8 Å². The number of hydrogen-bond acceptors (Lipinski definition) is 5. The molecule has 0 spiro atoms. The van der Waals surface area contributed by atoms with Gasteiger partial charge in [-0.05, 0) is 25.1 Å². The van der Waals surface area contributed by atoms with Crippen molar-refractivity contribution in [2.75, 3.05) is 31.1 Å². The smallest absolute Gasteiger partial charge is 0.252 e. The maximum atomic E-state index is 12.3. The van der Waals surface area contributed by atoms with Gasteiger partial charge in [-0.25, -0.2) is 8.42 Å². The molecule has 1 fully saturated rings. The SMILES string of the molecule is NCCc1ccc(S(=O)(=O)N2CCSCC2)s1. The van der Waals surface area contributed by atoms with E-state index in [1.165, 1.54) is 11.3 Å². The Morgan fingerprint density at radius 3 is 2.65 bits per heavy atom. The topological polar surface area (TPSA) is 63.4 Å². The van der Waals surface area contributed by atoms with Gasteiger partial charge in [0.15, 0.2) is 0 Å². The monoisotopic (exact) mass is 292 g/mol. The first kappa shape index (κ1) is 13.4. The Morgan fingerprint density at radius 1 is 1.29 bits per heavy atom. The first-order chi connectivity index (χ1) is 8.14. The summed E-state index contributed by atoms with van der Waals surface area (Å²) in [7, 11) is -3.26. The van der Waals surface area contributed by atoms with Crippen LogP contribution in [0.2, 0.25) is 0 Å². The second kappa shape index (κ2) is 5.71. The molecule has 1 aromatic heterocycles. The quantitative estimate of drug-likeness (QED) is 0.899. The van der Waals surface area contributed by atoms with Crippen molar-refractivity contribution in [1.29, 1.82) is 0 Å². The molecule has 0 amide bonds. The van der Waals surface area contributed by atoms with E-state index in [1.54, 1.807) is 22.1 Å². The summed E-state index contributed by atoms with van der Waals surface area (Å²) < 4.78 is 26.6. The lowest BCUT2D eigenvalue weighted by Gasteiger charge is -2.24. The van der Waals surface area contributed by atoms with E-state index in [4.69, 9.17) is 5.73 Å². The standard InChI is InChI=1S/C10H16N2O2S3/c11-4-3-9-1-2-10(16-9)17(13,14)12-5-7-15-8-6-12/h1-2H,3-8,11H2. The zero-order valence-electron chi connectivity index (χ0n) is 9.46. The number of thiophene rings is 1. The van der Waals surface area contributed by atoms with Gasteiger partial charge in [0.05, 0.1) is 0 Å². The number of rotatable bonds is 4. The average Bonchev–Trinajstić information content (AvgIpc) is 2.80. The Hall–Kier alpha value is -0.0800. The molecule has 1 aromatic rings. The minimum absolute atomic E-state index is 0.452. The zero-order valence-corrected chi connectivity index (χ0v) is 11.9. The molecule has 2 N–H and O–H groups in total. The van der Waals surface area contributed by atoms with Crippen molar-refractivity contribution in [1.82, 2.24) is 4.31 Å². The van der Waals surface area contributed by atoms with Crippen LogP contribution in [0.25, 0.3) is 0 Å². The van der Waals surface area contributed by atoms with Crippen molar-refractivity contribution < 1.29 is 8.42 Å². The number of hydrogen-bond donors (Lipinski definition) is 1. The molecule has 0 aromatic carbocycles. The summed E-state index contributed by atoms with van der Waals surface area (Å²) in [5, 5.41) is 0. The van der Waals surface area contributed by atoms with Crippen molar-refractivity contribution in [2.45, 2.75) is 10.6 Å². The van der Waals surface area contributed by atoms with E-state index in [0.29, 0.717) is 23.8 Å². The van der Waals surface area contributed by atoms with Crippen LogP contribution >= 0.6 is 23.1 Å². The van der Waals surface area contributed by atoms with Gasteiger partial charge in [0, 0.05) is 29.5 Å². The molecule has 0 unspecified atom stereocenters. The maximum absolute atomic E-state index is 12.3. The van der Waals surface area contributed by atoms with E-state index in [2.05, 4.69) is 0 Å². The minimum atomic E-state index is -3.26. The van der Waals surface area contributed by atoms with E-state index in [1.807, 2.05) is 6.07 Å². The molecular formula is C10H16N2O2S3. The molecule has 17 heavy (non-hydrogen) atoms. The van der Waals surface area contributed by atoms with Crippen LogP contribution in [0.1, 0.15) is 4.88 Å². The number of nitrogens with zero attached hydrogens (tertiary/aromatic N) is 1. The fourth-order valence-electron chi connectivity index (χ4n) is 1.69. The van der Waals surface area contributed by atoms with Crippen LogP contribution in [0.4, 0.5) is 0 Å². The van der Waals surface area contributed by atoms with Gasteiger partial charge in [-0.3, -0.25) is 0 Å². The summed E-state index contributed by atoms with van der Waals surface area (Å²) in [5.74, 6) is 1.78. The van der Waals surface area contributed by atoms with Crippen molar-refractivity contribution in [3.63, 3.8) is 0 Å². The molecule has 0 radical (unpaired) electrons. The van der Waals surface area contributed by atoms with E-state index in [9.17, 15) is 8.42 Å². The Balaban J connectivity index is 2.18. The van der Waals surface area contributed by atoms with Crippen molar-refractivity contribution in [3.05, 3.63) is 17.0 Å². The highest BCUT2D eigenvalue weighted by Gasteiger charge is 2.27. The average molecular weight is 292 g/mol. The van der Waals surface area contributed by atoms with Crippen molar-refractivity contribution in [3.8, 4) is 0 Å². The lowest BCUT2D eigenvalue weighted by atomic mass is 10.3. The van der Waals surface area contributed by atoms with Crippen LogP contribution in [0.3, 0.4) is 0 Å². The summed E-state index contributed by atoms with van der Waals surface area (Å²) in [4.78, 5) is 1.04. The van der Waals surface area contributed by atoms with Gasteiger partial charge >= 0.3 is 0 Å². The predicted octanol–water partition coefficient (Wildman–Crippen LogP) is 0.987. The van der Waals surface area contributed by atoms with Gasteiger partial charge in [-0.2, -0.15) is 16.1 Å². The van der Waals surface area contributed by atoms with Crippen LogP contribution in [-0.4, -0.2) is 43.9 Å². The van der Waals surface area contributed by atoms with Gasteiger partial charge in [0.2, 0.25) is 0 Å². The van der Waals surface area contributed by atoms with E-state index < -0.39 is 10.0 Å². The van der Waals surface area contributed by atoms with E-state index in [-0.39, 0.29) is 0 Å². The summed E-state index contributed by atoms with van der Waals surface area (Å²) >= 11 is 3.15. The van der Waals surface area contributed by atoms with Crippen molar-refractivity contribution in [2.24, 2.45) is 5.73 Å². The van der Waals surface area contributed by atoms with E-state index >= 15 is 0 Å².